The quantitative estimate of drug-likeness (QED) is 0.778. The number of rotatable bonds is 5. The minimum atomic E-state index is -0.423. The van der Waals surface area contributed by atoms with Gasteiger partial charge in [-0.15, -0.1) is 0 Å². The first-order valence-electron chi connectivity index (χ1n) is 6.11. The van der Waals surface area contributed by atoms with Gasteiger partial charge in [0.25, 0.3) is 0 Å². The molecule has 0 amide bonds. The molecule has 0 aliphatic carbocycles. The number of nitrogen functional groups attached to an aromatic ring is 1. The SMILES string of the molecule is CCNc1cc(Nc2ccc(F)c(OC)c2)nc(N)n1. The van der Waals surface area contributed by atoms with Gasteiger partial charge in [0.05, 0.1) is 7.11 Å². The Morgan fingerprint density at radius 2 is 2.00 bits per heavy atom. The third kappa shape index (κ3) is 3.25. The number of anilines is 4. The van der Waals surface area contributed by atoms with Crippen LogP contribution in [0.25, 0.3) is 0 Å². The fourth-order valence-electron chi connectivity index (χ4n) is 1.69. The van der Waals surface area contributed by atoms with E-state index >= 15 is 0 Å². The lowest BCUT2D eigenvalue weighted by atomic mass is 10.3. The summed E-state index contributed by atoms with van der Waals surface area (Å²) < 4.78 is 18.3. The van der Waals surface area contributed by atoms with Crippen molar-refractivity contribution in [3.8, 4) is 5.75 Å². The van der Waals surface area contributed by atoms with Crippen molar-refractivity contribution >= 4 is 23.3 Å². The van der Waals surface area contributed by atoms with Crippen LogP contribution >= 0.6 is 0 Å². The van der Waals surface area contributed by atoms with Crippen molar-refractivity contribution in [2.45, 2.75) is 6.92 Å². The molecule has 1 aromatic carbocycles. The van der Waals surface area contributed by atoms with Crippen LogP contribution in [0.2, 0.25) is 0 Å². The Labute approximate surface area is 116 Å². The largest absolute Gasteiger partial charge is 0.494 e. The van der Waals surface area contributed by atoms with E-state index in [1.54, 1.807) is 18.2 Å². The Morgan fingerprint density at radius 3 is 2.70 bits per heavy atom. The first-order valence-corrected chi connectivity index (χ1v) is 6.11. The lowest BCUT2D eigenvalue weighted by molar-refractivity contribution is 0.387. The first-order chi connectivity index (χ1) is 9.62. The Hall–Kier alpha value is -2.57. The molecule has 0 fully saturated rings. The molecule has 0 radical (unpaired) electrons. The maximum Gasteiger partial charge on any atom is 0.223 e. The van der Waals surface area contributed by atoms with E-state index < -0.39 is 5.82 Å². The molecule has 0 aliphatic heterocycles. The fraction of sp³-hybridized carbons (Fsp3) is 0.231. The molecule has 0 saturated carbocycles. The maximum absolute atomic E-state index is 13.3. The van der Waals surface area contributed by atoms with Gasteiger partial charge in [-0.2, -0.15) is 9.97 Å². The predicted octanol–water partition coefficient (Wildman–Crippen LogP) is 2.38. The minimum Gasteiger partial charge on any atom is -0.494 e. The van der Waals surface area contributed by atoms with Gasteiger partial charge in [0, 0.05) is 24.4 Å². The van der Waals surface area contributed by atoms with Gasteiger partial charge in [-0.3, -0.25) is 0 Å². The molecule has 0 unspecified atom stereocenters. The Balaban J connectivity index is 2.25. The van der Waals surface area contributed by atoms with Gasteiger partial charge in [-0.25, -0.2) is 4.39 Å². The summed E-state index contributed by atoms with van der Waals surface area (Å²) >= 11 is 0. The molecular weight excluding hydrogens is 261 g/mol. The van der Waals surface area contributed by atoms with E-state index in [0.29, 0.717) is 17.3 Å². The zero-order valence-corrected chi connectivity index (χ0v) is 11.3. The number of nitrogens with one attached hydrogen (secondary N) is 2. The van der Waals surface area contributed by atoms with Gasteiger partial charge in [0.1, 0.15) is 11.6 Å². The molecule has 2 rings (SSSR count). The highest BCUT2D eigenvalue weighted by atomic mass is 19.1. The maximum atomic E-state index is 13.3. The topological polar surface area (TPSA) is 85.1 Å². The molecule has 0 aliphatic rings. The highest BCUT2D eigenvalue weighted by Crippen LogP contribution is 2.24. The van der Waals surface area contributed by atoms with E-state index in [9.17, 15) is 4.39 Å². The van der Waals surface area contributed by atoms with Crippen molar-refractivity contribution < 1.29 is 9.13 Å². The third-order valence-corrected chi connectivity index (χ3v) is 2.52. The molecule has 1 heterocycles. The number of nitrogens with two attached hydrogens (primary N) is 1. The van der Waals surface area contributed by atoms with E-state index in [-0.39, 0.29) is 11.7 Å². The number of benzene rings is 1. The van der Waals surface area contributed by atoms with Crippen molar-refractivity contribution in [1.29, 1.82) is 0 Å². The number of aromatic nitrogens is 2. The molecule has 0 saturated heterocycles. The van der Waals surface area contributed by atoms with Gasteiger partial charge >= 0.3 is 0 Å². The van der Waals surface area contributed by atoms with Gasteiger partial charge in [-0.1, -0.05) is 0 Å². The average molecular weight is 277 g/mol. The van der Waals surface area contributed by atoms with E-state index in [4.69, 9.17) is 10.5 Å². The molecule has 20 heavy (non-hydrogen) atoms. The van der Waals surface area contributed by atoms with Gasteiger partial charge in [-0.05, 0) is 19.1 Å². The summed E-state index contributed by atoms with van der Waals surface area (Å²) in [5, 5.41) is 6.08. The summed E-state index contributed by atoms with van der Waals surface area (Å²) in [6.45, 7) is 2.68. The predicted molar refractivity (Wildman–Crippen MR) is 76.8 cm³/mol. The zero-order valence-electron chi connectivity index (χ0n) is 11.3. The van der Waals surface area contributed by atoms with Crippen LogP contribution in [0, 0.1) is 5.82 Å². The summed E-state index contributed by atoms with van der Waals surface area (Å²) in [4.78, 5) is 8.11. The smallest absolute Gasteiger partial charge is 0.223 e. The van der Waals surface area contributed by atoms with Crippen LogP contribution in [0.1, 0.15) is 6.92 Å². The van der Waals surface area contributed by atoms with E-state index in [1.807, 2.05) is 6.92 Å². The van der Waals surface area contributed by atoms with E-state index in [2.05, 4.69) is 20.6 Å². The van der Waals surface area contributed by atoms with Crippen molar-refractivity contribution in [3.63, 3.8) is 0 Å². The summed E-state index contributed by atoms with van der Waals surface area (Å²) in [5.41, 5.74) is 6.28. The van der Waals surface area contributed by atoms with Crippen molar-refractivity contribution in [2.75, 3.05) is 30.0 Å². The van der Waals surface area contributed by atoms with Crippen LogP contribution in [0.4, 0.5) is 27.7 Å². The van der Waals surface area contributed by atoms with Gasteiger partial charge in [0.15, 0.2) is 11.6 Å². The number of ether oxygens (including phenoxy) is 1. The van der Waals surface area contributed by atoms with Crippen LogP contribution in [0.3, 0.4) is 0 Å². The standard InChI is InChI=1S/C13H16FN5O/c1-3-16-11-7-12(19-13(15)18-11)17-8-4-5-9(14)10(6-8)20-2/h4-7H,3H2,1-2H3,(H4,15,16,17,18,19). The second-order valence-electron chi connectivity index (χ2n) is 4.00. The van der Waals surface area contributed by atoms with Gasteiger partial charge < -0.3 is 21.1 Å². The summed E-state index contributed by atoms with van der Waals surface area (Å²) in [6.07, 6.45) is 0. The monoisotopic (exact) mass is 277 g/mol. The molecule has 2 aromatic rings. The molecule has 0 atom stereocenters. The zero-order chi connectivity index (χ0) is 14.5. The van der Waals surface area contributed by atoms with E-state index in [0.717, 1.165) is 6.54 Å². The lowest BCUT2D eigenvalue weighted by Crippen LogP contribution is -2.05. The number of nitrogens with zero attached hydrogens (tertiary/aromatic N) is 2. The Kier molecular flexibility index (Phi) is 4.19. The van der Waals surface area contributed by atoms with E-state index in [1.165, 1.54) is 13.2 Å². The molecule has 1 aromatic heterocycles. The number of hydrogen-bond donors (Lipinski definition) is 3. The van der Waals surface area contributed by atoms with Crippen molar-refractivity contribution in [3.05, 3.63) is 30.1 Å². The number of methoxy groups -OCH3 is 1. The lowest BCUT2D eigenvalue weighted by Gasteiger charge is -2.10. The van der Waals surface area contributed by atoms with Crippen molar-refractivity contribution in [2.24, 2.45) is 0 Å². The summed E-state index contributed by atoms with van der Waals surface area (Å²) in [7, 11) is 1.41. The Bertz CT molecular complexity index is 605. The second-order valence-corrected chi connectivity index (χ2v) is 4.00. The molecule has 6 nitrogen and oxygen atoms in total. The molecule has 7 heteroatoms. The molecular formula is C13H16FN5O. The van der Waals surface area contributed by atoms with Crippen LogP contribution in [0.5, 0.6) is 5.75 Å². The summed E-state index contributed by atoms with van der Waals surface area (Å²) in [5.74, 6) is 1.02. The van der Waals surface area contributed by atoms with Crippen LogP contribution in [0.15, 0.2) is 24.3 Å². The highest BCUT2D eigenvalue weighted by Gasteiger charge is 2.06. The van der Waals surface area contributed by atoms with Crippen LogP contribution in [-0.2, 0) is 0 Å². The number of halogens is 1. The minimum absolute atomic E-state index is 0.153. The number of hydrogen-bond acceptors (Lipinski definition) is 6. The van der Waals surface area contributed by atoms with Crippen molar-refractivity contribution in [1.82, 2.24) is 9.97 Å². The molecule has 106 valence electrons. The third-order valence-electron chi connectivity index (χ3n) is 2.52. The average Bonchev–Trinajstić information content (AvgIpc) is 2.40. The van der Waals surface area contributed by atoms with Gasteiger partial charge in [0.2, 0.25) is 5.95 Å². The second kappa shape index (κ2) is 6.05. The molecule has 0 spiro atoms. The Morgan fingerprint density at radius 1 is 1.25 bits per heavy atom. The molecule has 4 N–H and O–H groups in total. The molecule has 0 bridgehead atoms. The first kappa shape index (κ1) is 13.9. The van der Waals surface area contributed by atoms with Crippen LogP contribution < -0.4 is 21.1 Å². The fourth-order valence-corrected chi connectivity index (χ4v) is 1.69. The normalized spacial score (nSPS) is 10.2. The van der Waals surface area contributed by atoms with Crippen LogP contribution in [-0.4, -0.2) is 23.6 Å². The highest BCUT2D eigenvalue weighted by molar-refractivity contribution is 5.62. The summed E-state index contributed by atoms with van der Waals surface area (Å²) in [6, 6.07) is 6.16.